The van der Waals surface area contributed by atoms with Crippen molar-refractivity contribution >= 4 is 0 Å². The van der Waals surface area contributed by atoms with Gasteiger partial charge in [0.1, 0.15) is 0 Å². The first-order chi connectivity index (χ1) is 8.22. The minimum absolute atomic E-state index is 0.0967. The molecule has 2 rings (SSSR count). The van der Waals surface area contributed by atoms with Gasteiger partial charge in [0.05, 0.1) is 12.2 Å². The topological polar surface area (TPSA) is 29.5 Å². The van der Waals surface area contributed by atoms with Crippen molar-refractivity contribution in [1.82, 2.24) is 0 Å². The Morgan fingerprint density at radius 2 is 2.06 bits per heavy atom. The van der Waals surface area contributed by atoms with Crippen LogP contribution in [0.25, 0.3) is 0 Å². The second-order valence-corrected chi connectivity index (χ2v) is 5.05. The number of aliphatic hydroxyl groups is 1. The summed E-state index contributed by atoms with van der Waals surface area (Å²) in [6, 6.07) is 8.31. The summed E-state index contributed by atoms with van der Waals surface area (Å²) in [5.41, 5.74) is 2.44. The molecule has 94 valence electrons. The van der Waals surface area contributed by atoms with Crippen molar-refractivity contribution in [1.29, 1.82) is 0 Å². The first-order valence-electron chi connectivity index (χ1n) is 6.52. The number of ether oxygens (including phenoxy) is 1. The third kappa shape index (κ3) is 2.88. The molecule has 1 saturated carbocycles. The van der Waals surface area contributed by atoms with Crippen LogP contribution in [0.2, 0.25) is 0 Å². The molecule has 1 aliphatic carbocycles. The van der Waals surface area contributed by atoms with Crippen LogP contribution in [0, 0.1) is 0 Å². The maximum Gasteiger partial charge on any atom is 0.0817 e. The van der Waals surface area contributed by atoms with E-state index >= 15 is 0 Å². The monoisotopic (exact) mass is 234 g/mol. The zero-order chi connectivity index (χ0) is 12.3. The Morgan fingerprint density at radius 3 is 2.65 bits per heavy atom. The zero-order valence-corrected chi connectivity index (χ0v) is 10.7. The number of aliphatic hydroxyl groups excluding tert-OH is 1. The fraction of sp³-hybridized carbons (Fsp3) is 0.600. The van der Waals surface area contributed by atoms with Gasteiger partial charge in [-0.05, 0) is 36.8 Å². The van der Waals surface area contributed by atoms with Gasteiger partial charge in [0.25, 0.3) is 0 Å². The highest BCUT2D eigenvalue weighted by atomic mass is 16.5. The highest BCUT2D eigenvalue weighted by molar-refractivity contribution is 5.33. The molecule has 1 aromatic rings. The van der Waals surface area contributed by atoms with Gasteiger partial charge in [0.2, 0.25) is 0 Å². The number of methoxy groups -OCH3 is 1. The molecule has 1 N–H and O–H groups in total. The van der Waals surface area contributed by atoms with E-state index in [1.54, 1.807) is 7.11 Å². The molecule has 0 radical (unpaired) electrons. The SMILES string of the molecule is COC(C)CC(O)c1ccccc1C1CCC1. The summed E-state index contributed by atoms with van der Waals surface area (Å²) in [5.74, 6) is 0.665. The molecule has 1 aromatic carbocycles. The maximum absolute atomic E-state index is 10.3. The quantitative estimate of drug-likeness (QED) is 0.846. The maximum atomic E-state index is 10.3. The molecule has 0 spiro atoms. The average molecular weight is 234 g/mol. The van der Waals surface area contributed by atoms with Gasteiger partial charge in [0, 0.05) is 13.5 Å². The Labute approximate surface area is 104 Å². The Balaban J connectivity index is 2.13. The van der Waals surface area contributed by atoms with E-state index in [1.807, 2.05) is 13.0 Å². The van der Waals surface area contributed by atoms with Crippen molar-refractivity contribution in [2.24, 2.45) is 0 Å². The number of benzene rings is 1. The summed E-state index contributed by atoms with van der Waals surface area (Å²) in [6.07, 6.45) is 4.22. The van der Waals surface area contributed by atoms with E-state index < -0.39 is 6.10 Å². The summed E-state index contributed by atoms with van der Waals surface area (Å²) in [5, 5.41) is 10.3. The van der Waals surface area contributed by atoms with Crippen LogP contribution < -0.4 is 0 Å². The molecule has 1 fully saturated rings. The zero-order valence-electron chi connectivity index (χ0n) is 10.7. The number of rotatable bonds is 5. The minimum atomic E-state index is -0.401. The number of hydrogen-bond acceptors (Lipinski definition) is 2. The Hall–Kier alpha value is -0.860. The van der Waals surface area contributed by atoms with Crippen molar-refractivity contribution in [2.75, 3.05) is 7.11 Å². The van der Waals surface area contributed by atoms with E-state index in [0.717, 1.165) is 5.56 Å². The van der Waals surface area contributed by atoms with Gasteiger partial charge in [-0.3, -0.25) is 0 Å². The van der Waals surface area contributed by atoms with Crippen LogP contribution in [0.1, 0.15) is 55.8 Å². The van der Waals surface area contributed by atoms with Gasteiger partial charge in [-0.1, -0.05) is 30.7 Å². The molecule has 0 aliphatic heterocycles. The lowest BCUT2D eigenvalue weighted by molar-refractivity contribution is 0.0553. The Morgan fingerprint density at radius 1 is 1.35 bits per heavy atom. The van der Waals surface area contributed by atoms with E-state index in [1.165, 1.54) is 24.8 Å². The smallest absolute Gasteiger partial charge is 0.0817 e. The molecule has 0 heterocycles. The average Bonchev–Trinajstić information content (AvgIpc) is 2.27. The van der Waals surface area contributed by atoms with Gasteiger partial charge >= 0.3 is 0 Å². The predicted molar refractivity (Wildman–Crippen MR) is 69.1 cm³/mol. The van der Waals surface area contributed by atoms with Gasteiger partial charge in [-0.25, -0.2) is 0 Å². The highest BCUT2D eigenvalue weighted by Crippen LogP contribution is 2.40. The van der Waals surface area contributed by atoms with E-state index in [9.17, 15) is 5.11 Å². The van der Waals surface area contributed by atoms with Crippen LogP contribution in [0.5, 0.6) is 0 Å². The molecule has 17 heavy (non-hydrogen) atoms. The molecule has 2 unspecified atom stereocenters. The van der Waals surface area contributed by atoms with Crippen molar-refractivity contribution < 1.29 is 9.84 Å². The highest BCUT2D eigenvalue weighted by Gasteiger charge is 2.24. The molecule has 0 aromatic heterocycles. The van der Waals surface area contributed by atoms with E-state index in [-0.39, 0.29) is 6.10 Å². The molecule has 2 nitrogen and oxygen atoms in total. The standard InChI is InChI=1S/C15H22O2/c1-11(17-2)10-15(16)14-9-4-3-8-13(14)12-6-5-7-12/h3-4,8-9,11-12,15-16H,5-7,10H2,1-2H3. The third-order valence-electron chi connectivity index (χ3n) is 3.86. The second kappa shape index (κ2) is 5.65. The second-order valence-electron chi connectivity index (χ2n) is 5.05. The van der Waals surface area contributed by atoms with Gasteiger partial charge < -0.3 is 9.84 Å². The van der Waals surface area contributed by atoms with Crippen LogP contribution >= 0.6 is 0 Å². The summed E-state index contributed by atoms with van der Waals surface area (Å²) in [6.45, 7) is 2.00. The van der Waals surface area contributed by atoms with E-state index in [4.69, 9.17) is 4.74 Å². The lowest BCUT2D eigenvalue weighted by Crippen LogP contribution is -2.16. The largest absolute Gasteiger partial charge is 0.388 e. The fourth-order valence-corrected chi connectivity index (χ4v) is 2.44. The summed E-state index contributed by atoms with van der Waals surface area (Å²) < 4.78 is 5.22. The number of hydrogen-bond donors (Lipinski definition) is 1. The predicted octanol–water partition coefficient (Wildman–Crippen LogP) is 3.41. The normalized spacial score (nSPS) is 19.7. The summed E-state index contributed by atoms with van der Waals surface area (Å²) in [4.78, 5) is 0. The van der Waals surface area contributed by atoms with E-state index in [2.05, 4.69) is 18.2 Å². The van der Waals surface area contributed by atoms with Crippen molar-refractivity contribution in [3.63, 3.8) is 0 Å². The lowest BCUT2D eigenvalue weighted by atomic mass is 9.77. The minimum Gasteiger partial charge on any atom is -0.388 e. The molecule has 2 heteroatoms. The van der Waals surface area contributed by atoms with Gasteiger partial charge in [-0.15, -0.1) is 0 Å². The molecule has 1 aliphatic rings. The van der Waals surface area contributed by atoms with E-state index in [0.29, 0.717) is 12.3 Å². The molecule has 0 saturated heterocycles. The summed E-state index contributed by atoms with van der Waals surface area (Å²) >= 11 is 0. The fourth-order valence-electron chi connectivity index (χ4n) is 2.44. The van der Waals surface area contributed by atoms with Gasteiger partial charge in [0.15, 0.2) is 0 Å². The van der Waals surface area contributed by atoms with Crippen LogP contribution in [-0.4, -0.2) is 18.3 Å². The summed E-state index contributed by atoms with van der Waals surface area (Å²) in [7, 11) is 1.69. The van der Waals surface area contributed by atoms with Crippen molar-refractivity contribution in [2.45, 2.75) is 50.7 Å². The third-order valence-corrected chi connectivity index (χ3v) is 3.86. The van der Waals surface area contributed by atoms with Crippen LogP contribution in [-0.2, 0) is 4.74 Å². The van der Waals surface area contributed by atoms with Crippen LogP contribution in [0.4, 0.5) is 0 Å². The van der Waals surface area contributed by atoms with Crippen LogP contribution in [0.15, 0.2) is 24.3 Å². The molecular formula is C15H22O2. The van der Waals surface area contributed by atoms with Crippen molar-refractivity contribution in [3.05, 3.63) is 35.4 Å². The first kappa shape index (κ1) is 12.6. The van der Waals surface area contributed by atoms with Crippen molar-refractivity contribution in [3.8, 4) is 0 Å². The first-order valence-corrected chi connectivity index (χ1v) is 6.52. The van der Waals surface area contributed by atoms with Crippen LogP contribution in [0.3, 0.4) is 0 Å². The molecule has 2 atom stereocenters. The Kier molecular flexibility index (Phi) is 4.19. The Bertz CT molecular complexity index is 358. The molecular weight excluding hydrogens is 212 g/mol. The van der Waals surface area contributed by atoms with Gasteiger partial charge in [-0.2, -0.15) is 0 Å². The molecule has 0 bridgehead atoms. The molecule has 0 amide bonds. The lowest BCUT2D eigenvalue weighted by Gasteiger charge is -2.29.